The maximum Gasteiger partial charge on any atom is 0.159 e. The molecule has 3 aromatic heterocycles. The van der Waals surface area contributed by atoms with Crippen LogP contribution >= 0.6 is 11.6 Å². The van der Waals surface area contributed by atoms with E-state index in [1.807, 2.05) is 31.6 Å². The molecule has 2 aliphatic rings. The summed E-state index contributed by atoms with van der Waals surface area (Å²) in [5.41, 5.74) is 11.1. The van der Waals surface area contributed by atoms with Crippen LogP contribution in [0.4, 0.5) is 5.82 Å². The first-order chi connectivity index (χ1) is 15.5. The van der Waals surface area contributed by atoms with Crippen molar-refractivity contribution in [2.24, 2.45) is 12.8 Å². The van der Waals surface area contributed by atoms with Crippen LogP contribution in [-0.4, -0.2) is 42.9 Å². The summed E-state index contributed by atoms with van der Waals surface area (Å²) in [6.45, 7) is 0. The molecule has 0 unspecified atom stereocenters. The maximum absolute atomic E-state index is 9.23. The molecule has 9 heteroatoms. The van der Waals surface area contributed by atoms with E-state index in [1.165, 1.54) is 12.8 Å². The molecular weight excluding hydrogens is 424 g/mol. The Morgan fingerprint density at radius 3 is 2.78 bits per heavy atom. The number of nitrogens with two attached hydrogens (primary N) is 1. The van der Waals surface area contributed by atoms with E-state index in [0.29, 0.717) is 17.1 Å². The predicted molar refractivity (Wildman–Crippen MR) is 124 cm³/mol. The minimum absolute atomic E-state index is 0.245. The number of aromatic amines is 1. The van der Waals surface area contributed by atoms with Crippen LogP contribution in [0.3, 0.4) is 0 Å². The molecule has 32 heavy (non-hydrogen) atoms. The number of hydrogen-bond donors (Lipinski definition) is 2. The van der Waals surface area contributed by atoms with E-state index in [4.69, 9.17) is 27.3 Å². The van der Waals surface area contributed by atoms with Crippen LogP contribution in [-0.2, 0) is 13.5 Å². The number of aryl methyl sites for hydroxylation is 1. The fraction of sp³-hybridized carbons (Fsp3) is 0.391. The Morgan fingerprint density at radius 2 is 2.03 bits per heavy atom. The van der Waals surface area contributed by atoms with Crippen molar-refractivity contribution >= 4 is 39.5 Å². The van der Waals surface area contributed by atoms with Gasteiger partial charge in [0.1, 0.15) is 11.3 Å². The highest BCUT2D eigenvalue weighted by Gasteiger charge is 2.40. The second-order valence-corrected chi connectivity index (χ2v) is 9.26. The molecule has 6 rings (SSSR count). The highest BCUT2D eigenvalue weighted by atomic mass is 35.5. The molecule has 8 nitrogen and oxygen atoms in total. The second kappa shape index (κ2) is 7.19. The van der Waals surface area contributed by atoms with Crippen molar-refractivity contribution in [3.63, 3.8) is 0 Å². The molecule has 3 atom stereocenters. The number of rotatable bonds is 3. The van der Waals surface area contributed by atoms with Crippen LogP contribution in [0, 0.1) is 11.3 Å². The van der Waals surface area contributed by atoms with E-state index in [0.717, 1.165) is 57.5 Å². The summed E-state index contributed by atoms with van der Waals surface area (Å²) in [6, 6.07) is 7.28. The Labute approximate surface area is 190 Å². The standard InChI is InChI=1S/C23H23ClN8/c1-31-18(6-7-25)20-17(30-31)5-4-15(21(20)24)16-10-28-23-22(16)27-11-19(29-23)32-13-2-3-14(32)9-12(26)8-13/h4-5,10-14H,2-3,6,8-9,26H2,1H3,(H,28,29)/t12-,13+,14-. The highest BCUT2D eigenvalue weighted by molar-refractivity contribution is 6.38. The van der Waals surface area contributed by atoms with Crippen LogP contribution in [0.25, 0.3) is 33.2 Å². The van der Waals surface area contributed by atoms with Gasteiger partial charge in [0.05, 0.1) is 34.9 Å². The third kappa shape index (κ3) is 2.81. The van der Waals surface area contributed by atoms with E-state index in [9.17, 15) is 5.26 Å². The van der Waals surface area contributed by atoms with E-state index in [1.54, 1.807) is 4.68 Å². The lowest BCUT2D eigenvalue weighted by Crippen LogP contribution is -2.47. The van der Waals surface area contributed by atoms with Gasteiger partial charge in [-0.05, 0) is 31.7 Å². The van der Waals surface area contributed by atoms with Gasteiger partial charge in [-0.25, -0.2) is 9.97 Å². The fourth-order valence-corrected chi connectivity index (χ4v) is 5.97. The lowest BCUT2D eigenvalue weighted by molar-refractivity contribution is 0.412. The second-order valence-electron chi connectivity index (χ2n) is 8.88. The molecule has 2 bridgehead atoms. The monoisotopic (exact) mass is 446 g/mol. The van der Waals surface area contributed by atoms with Crippen LogP contribution in [0.2, 0.25) is 5.02 Å². The van der Waals surface area contributed by atoms with E-state index >= 15 is 0 Å². The average molecular weight is 447 g/mol. The molecule has 5 heterocycles. The van der Waals surface area contributed by atoms with Crippen molar-refractivity contribution in [2.75, 3.05) is 4.90 Å². The molecule has 2 saturated heterocycles. The molecule has 162 valence electrons. The third-order valence-electron chi connectivity index (χ3n) is 7.00. The average Bonchev–Trinajstić information content (AvgIpc) is 3.41. The molecular formula is C23H23ClN8. The molecule has 2 fully saturated rings. The summed E-state index contributed by atoms with van der Waals surface area (Å²) < 4.78 is 1.73. The molecule has 2 aliphatic heterocycles. The van der Waals surface area contributed by atoms with Crippen LogP contribution in [0.1, 0.15) is 31.4 Å². The summed E-state index contributed by atoms with van der Waals surface area (Å²) in [5.74, 6) is 0.912. The molecule has 1 aromatic carbocycles. The maximum atomic E-state index is 9.23. The van der Waals surface area contributed by atoms with Crippen LogP contribution in [0.5, 0.6) is 0 Å². The number of halogens is 1. The molecule has 0 amide bonds. The lowest BCUT2D eigenvalue weighted by atomic mass is 9.98. The normalized spacial score (nSPS) is 22.7. The molecule has 0 saturated carbocycles. The number of nitrogens with one attached hydrogen (secondary N) is 1. The zero-order valence-corrected chi connectivity index (χ0v) is 18.5. The van der Waals surface area contributed by atoms with E-state index < -0.39 is 0 Å². The predicted octanol–water partition coefficient (Wildman–Crippen LogP) is 3.69. The number of piperidine rings is 1. The van der Waals surface area contributed by atoms with Gasteiger partial charge in [-0.15, -0.1) is 0 Å². The smallest absolute Gasteiger partial charge is 0.159 e. The van der Waals surface area contributed by atoms with Gasteiger partial charge in [-0.2, -0.15) is 10.4 Å². The van der Waals surface area contributed by atoms with Crippen molar-refractivity contribution in [3.05, 3.63) is 35.2 Å². The Balaban J connectivity index is 1.43. The zero-order valence-electron chi connectivity index (χ0n) is 17.7. The summed E-state index contributed by atoms with van der Waals surface area (Å²) in [7, 11) is 1.84. The van der Waals surface area contributed by atoms with Gasteiger partial charge in [-0.1, -0.05) is 17.7 Å². The Morgan fingerprint density at radius 1 is 1.25 bits per heavy atom. The van der Waals surface area contributed by atoms with Gasteiger partial charge in [0.25, 0.3) is 0 Å². The van der Waals surface area contributed by atoms with Gasteiger partial charge in [0.15, 0.2) is 5.65 Å². The summed E-state index contributed by atoms with van der Waals surface area (Å²) in [4.78, 5) is 15.4. The molecule has 0 radical (unpaired) electrons. The summed E-state index contributed by atoms with van der Waals surface area (Å²) in [5, 5.41) is 15.1. The molecule has 0 aliphatic carbocycles. The van der Waals surface area contributed by atoms with Gasteiger partial charge >= 0.3 is 0 Å². The largest absolute Gasteiger partial charge is 0.349 e. The quantitative estimate of drug-likeness (QED) is 0.496. The van der Waals surface area contributed by atoms with Crippen molar-refractivity contribution < 1.29 is 0 Å². The summed E-state index contributed by atoms with van der Waals surface area (Å²) in [6.07, 6.45) is 8.38. The first kappa shape index (κ1) is 19.5. The number of anilines is 1. The van der Waals surface area contributed by atoms with E-state index in [2.05, 4.69) is 21.1 Å². The van der Waals surface area contributed by atoms with E-state index in [-0.39, 0.29) is 12.5 Å². The number of hydrogen-bond acceptors (Lipinski definition) is 6. The summed E-state index contributed by atoms with van der Waals surface area (Å²) >= 11 is 6.86. The Hall–Kier alpha value is -3.15. The number of fused-ring (bicyclic) bond motifs is 4. The zero-order chi connectivity index (χ0) is 22.0. The van der Waals surface area contributed by atoms with Gasteiger partial charge < -0.3 is 15.6 Å². The van der Waals surface area contributed by atoms with Crippen molar-refractivity contribution in [1.82, 2.24) is 24.7 Å². The third-order valence-corrected chi connectivity index (χ3v) is 7.39. The van der Waals surface area contributed by atoms with Crippen molar-refractivity contribution in [1.29, 1.82) is 5.26 Å². The molecule has 3 N–H and O–H groups in total. The number of benzene rings is 1. The topological polar surface area (TPSA) is 112 Å². The van der Waals surface area contributed by atoms with Crippen molar-refractivity contribution in [3.8, 4) is 17.2 Å². The van der Waals surface area contributed by atoms with Crippen molar-refractivity contribution in [2.45, 2.75) is 50.2 Å². The number of H-pyrrole nitrogens is 1. The van der Waals surface area contributed by atoms with Gasteiger partial charge in [0.2, 0.25) is 0 Å². The van der Waals surface area contributed by atoms with Crippen LogP contribution in [0.15, 0.2) is 24.5 Å². The number of nitriles is 1. The minimum Gasteiger partial charge on any atom is -0.349 e. The number of aromatic nitrogens is 5. The first-order valence-electron chi connectivity index (χ1n) is 10.9. The molecule has 0 spiro atoms. The SMILES string of the molecule is Cn1nc2ccc(-c3c[nH]c4nc(N5[C@@H]6CC[C@H]5C[C@@H](N)C6)cnc34)c(Cl)c2c1CC#N. The highest BCUT2D eigenvalue weighted by Crippen LogP contribution is 2.40. The lowest BCUT2D eigenvalue weighted by Gasteiger charge is -2.38. The minimum atomic E-state index is 0.245. The van der Waals surface area contributed by atoms with Gasteiger partial charge in [0, 0.05) is 47.9 Å². The Kier molecular flexibility index (Phi) is 4.39. The Bertz CT molecular complexity index is 1380. The fourth-order valence-electron chi connectivity index (χ4n) is 5.60. The van der Waals surface area contributed by atoms with Gasteiger partial charge in [-0.3, -0.25) is 4.68 Å². The first-order valence-corrected chi connectivity index (χ1v) is 11.3. The molecule has 4 aromatic rings. The number of nitrogens with zero attached hydrogens (tertiary/aromatic N) is 6. The van der Waals surface area contributed by atoms with Crippen LogP contribution < -0.4 is 10.6 Å².